The Kier molecular flexibility index (Phi) is 5.35. The molecule has 0 bridgehead atoms. The second kappa shape index (κ2) is 7.02. The zero-order valence-electron chi connectivity index (χ0n) is 12.1. The van der Waals surface area contributed by atoms with E-state index in [0.29, 0.717) is 6.54 Å². The number of aryl methyl sites for hydroxylation is 1. The molecule has 106 valence electrons. The monoisotopic (exact) mass is 332 g/mol. The fourth-order valence-corrected chi connectivity index (χ4v) is 2.82. The molecule has 0 spiro atoms. The minimum absolute atomic E-state index is 0.581. The van der Waals surface area contributed by atoms with Gasteiger partial charge in [-0.2, -0.15) is 0 Å². The van der Waals surface area contributed by atoms with Crippen molar-refractivity contribution in [3.05, 3.63) is 69.2 Å². The van der Waals surface area contributed by atoms with Gasteiger partial charge in [-0.3, -0.25) is 4.90 Å². The van der Waals surface area contributed by atoms with Crippen LogP contribution >= 0.6 is 15.9 Å². The van der Waals surface area contributed by atoms with Crippen LogP contribution in [0.2, 0.25) is 0 Å². The third kappa shape index (κ3) is 3.92. The Morgan fingerprint density at radius 1 is 1.05 bits per heavy atom. The maximum atomic E-state index is 5.66. The van der Waals surface area contributed by atoms with Gasteiger partial charge in [0.05, 0.1) is 0 Å². The summed E-state index contributed by atoms with van der Waals surface area (Å²) in [5, 5.41) is 0. The first-order valence-electron chi connectivity index (χ1n) is 6.80. The molecule has 0 aliphatic rings. The molecule has 0 atom stereocenters. The van der Waals surface area contributed by atoms with Gasteiger partial charge in [0.2, 0.25) is 0 Å². The Balaban J connectivity index is 2.05. The lowest BCUT2D eigenvalue weighted by molar-refractivity contribution is 0.318. The van der Waals surface area contributed by atoms with Crippen LogP contribution in [0.3, 0.4) is 0 Å². The highest BCUT2D eigenvalue weighted by Gasteiger charge is 2.07. The summed E-state index contributed by atoms with van der Waals surface area (Å²) >= 11 is 3.63. The van der Waals surface area contributed by atoms with Crippen molar-refractivity contribution in [2.75, 3.05) is 7.05 Å². The fraction of sp³-hybridized carbons (Fsp3) is 0.294. The van der Waals surface area contributed by atoms with E-state index in [1.165, 1.54) is 16.7 Å². The van der Waals surface area contributed by atoms with Crippen molar-refractivity contribution < 1.29 is 0 Å². The molecule has 0 heterocycles. The van der Waals surface area contributed by atoms with E-state index in [-0.39, 0.29) is 0 Å². The molecule has 0 amide bonds. The molecule has 0 unspecified atom stereocenters. The Morgan fingerprint density at radius 2 is 1.75 bits per heavy atom. The topological polar surface area (TPSA) is 29.3 Å². The van der Waals surface area contributed by atoms with Crippen LogP contribution in [-0.2, 0) is 19.6 Å². The number of nitrogens with two attached hydrogens (primary N) is 1. The smallest absolute Gasteiger partial charge is 0.0245 e. The SMILES string of the molecule is Cc1ccccc1CN(C)Cc1ccc(CN)cc1Br. The molecule has 0 fully saturated rings. The van der Waals surface area contributed by atoms with Crippen molar-refractivity contribution in [1.29, 1.82) is 0 Å². The van der Waals surface area contributed by atoms with Gasteiger partial charge >= 0.3 is 0 Å². The molecule has 0 aliphatic heterocycles. The molecule has 2 aromatic rings. The van der Waals surface area contributed by atoms with E-state index in [1.807, 2.05) is 0 Å². The Labute approximate surface area is 129 Å². The third-order valence-electron chi connectivity index (χ3n) is 3.49. The van der Waals surface area contributed by atoms with Crippen molar-refractivity contribution in [2.45, 2.75) is 26.6 Å². The number of hydrogen-bond donors (Lipinski definition) is 1. The number of hydrogen-bond acceptors (Lipinski definition) is 2. The van der Waals surface area contributed by atoms with Crippen LogP contribution in [0.15, 0.2) is 46.9 Å². The summed E-state index contributed by atoms with van der Waals surface area (Å²) in [6.45, 7) is 4.62. The molecular formula is C17H21BrN2. The van der Waals surface area contributed by atoms with Gasteiger partial charge in [0.15, 0.2) is 0 Å². The summed E-state index contributed by atoms with van der Waals surface area (Å²) in [5.74, 6) is 0. The molecule has 2 nitrogen and oxygen atoms in total. The third-order valence-corrected chi connectivity index (χ3v) is 4.23. The molecule has 20 heavy (non-hydrogen) atoms. The van der Waals surface area contributed by atoms with E-state index in [1.54, 1.807) is 0 Å². The van der Waals surface area contributed by atoms with Crippen molar-refractivity contribution in [2.24, 2.45) is 5.73 Å². The second-order valence-corrected chi connectivity index (χ2v) is 6.08. The molecule has 0 aromatic heterocycles. The van der Waals surface area contributed by atoms with Crippen LogP contribution in [0.4, 0.5) is 0 Å². The summed E-state index contributed by atoms with van der Waals surface area (Å²) in [6, 6.07) is 14.9. The molecule has 0 aliphatic carbocycles. The number of benzene rings is 2. The van der Waals surface area contributed by atoms with Crippen molar-refractivity contribution in [3.8, 4) is 0 Å². The van der Waals surface area contributed by atoms with Crippen molar-refractivity contribution in [1.82, 2.24) is 4.90 Å². The van der Waals surface area contributed by atoms with Gasteiger partial charge < -0.3 is 5.73 Å². The highest BCUT2D eigenvalue weighted by Crippen LogP contribution is 2.21. The summed E-state index contributed by atoms with van der Waals surface area (Å²) in [4.78, 5) is 2.32. The van der Waals surface area contributed by atoms with Gasteiger partial charge in [-0.25, -0.2) is 0 Å². The summed E-state index contributed by atoms with van der Waals surface area (Å²) in [6.07, 6.45) is 0. The quantitative estimate of drug-likeness (QED) is 0.901. The van der Waals surface area contributed by atoms with Crippen LogP contribution in [-0.4, -0.2) is 11.9 Å². The molecule has 0 radical (unpaired) electrons. The van der Waals surface area contributed by atoms with E-state index < -0.39 is 0 Å². The zero-order valence-corrected chi connectivity index (χ0v) is 13.7. The summed E-state index contributed by atoms with van der Waals surface area (Å²) in [5.41, 5.74) is 10.8. The minimum atomic E-state index is 0.581. The van der Waals surface area contributed by atoms with Gasteiger partial charge in [0, 0.05) is 24.1 Å². The van der Waals surface area contributed by atoms with Crippen LogP contribution in [0, 0.1) is 6.92 Å². The largest absolute Gasteiger partial charge is 0.326 e. The Bertz CT molecular complexity index is 581. The maximum absolute atomic E-state index is 5.66. The highest BCUT2D eigenvalue weighted by atomic mass is 79.9. The first-order chi connectivity index (χ1) is 9.60. The van der Waals surface area contributed by atoms with E-state index in [4.69, 9.17) is 5.73 Å². The average molecular weight is 333 g/mol. The standard InChI is InChI=1S/C17H21BrN2/c1-13-5-3-4-6-15(13)11-20(2)12-16-8-7-14(10-19)9-17(16)18/h3-9H,10-12,19H2,1-2H3. The molecule has 2 rings (SSSR count). The van der Waals surface area contributed by atoms with Gasteiger partial charge in [0.25, 0.3) is 0 Å². The Hall–Kier alpha value is -1.16. The van der Waals surface area contributed by atoms with Crippen LogP contribution in [0.5, 0.6) is 0 Å². The lowest BCUT2D eigenvalue weighted by Crippen LogP contribution is -2.18. The first kappa shape index (κ1) is 15.2. The lowest BCUT2D eigenvalue weighted by Gasteiger charge is -2.19. The van der Waals surface area contributed by atoms with Gasteiger partial charge in [-0.1, -0.05) is 52.3 Å². The lowest BCUT2D eigenvalue weighted by atomic mass is 10.1. The normalized spacial score (nSPS) is 11.1. The van der Waals surface area contributed by atoms with E-state index in [2.05, 4.69) is 77.3 Å². The summed E-state index contributed by atoms with van der Waals surface area (Å²) in [7, 11) is 2.15. The van der Waals surface area contributed by atoms with E-state index >= 15 is 0 Å². The second-order valence-electron chi connectivity index (χ2n) is 5.23. The van der Waals surface area contributed by atoms with Crippen LogP contribution < -0.4 is 5.73 Å². The average Bonchev–Trinajstić information content (AvgIpc) is 2.43. The van der Waals surface area contributed by atoms with E-state index in [9.17, 15) is 0 Å². The Morgan fingerprint density at radius 3 is 2.40 bits per heavy atom. The molecule has 3 heteroatoms. The predicted octanol–water partition coefficient (Wildman–Crippen LogP) is 3.85. The number of nitrogens with zero attached hydrogens (tertiary/aromatic N) is 1. The van der Waals surface area contributed by atoms with Crippen molar-refractivity contribution in [3.63, 3.8) is 0 Å². The van der Waals surface area contributed by atoms with Gasteiger partial charge in [0.1, 0.15) is 0 Å². The van der Waals surface area contributed by atoms with Crippen LogP contribution in [0.25, 0.3) is 0 Å². The molecule has 0 saturated carbocycles. The highest BCUT2D eigenvalue weighted by molar-refractivity contribution is 9.10. The maximum Gasteiger partial charge on any atom is 0.0245 e. The number of rotatable bonds is 5. The molecule has 2 aromatic carbocycles. The van der Waals surface area contributed by atoms with Crippen molar-refractivity contribution >= 4 is 15.9 Å². The van der Waals surface area contributed by atoms with E-state index in [0.717, 1.165) is 23.1 Å². The van der Waals surface area contributed by atoms with Crippen LogP contribution in [0.1, 0.15) is 22.3 Å². The van der Waals surface area contributed by atoms with Gasteiger partial charge in [-0.05, 0) is 42.3 Å². The molecule has 0 saturated heterocycles. The molecule has 2 N–H and O–H groups in total. The first-order valence-corrected chi connectivity index (χ1v) is 7.60. The zero-order chi connectivity index (χ0) is 14.5. The minimum Gasteiger partial charge on any atom is -0.326 e. The fourth-order valence-electron chi connectivity index (χ4n) is 2.27. The molecular weight excluding hydrogens is 312 g/mol. The summed E-state index contributed by atoms with van der Waals surface area (Å²) < 4.78 is 1.14. The number of halogens is 1. The van der Waals surface area contributed by atoms with Gasteiger partial charge in [-0.15, -0.1) is 0 Å². The predicted molar refractivity (Wildman–Crippen MR) is 88.4 cm³/mol.